The summed E-state index contributed by atoms with van der Waals surface area (Å²) in [6, 6.07) is 11.2. The molecule has 0 radical (unpaired) electrons. The molecular formula is C22H20F3N3O. The highest BCUT2D eigenvalue weighted by atomic mass is 19.4. The number of halogens is 3. The predicted octanol–water partition coefficient (Wildman–Crippen LogP) is 5.24. The van der Waals surface area contributed by atoms with Crippen LogP contribution in [0, 0.1) is 6.92 Å². The number of aryl methyl sites for hydroxylation is 1. The number of aromatic amines is 1. The lowest BCUT2D eigenvalue weighted by molar-refractivity contribution is -0.138. The molecule has 1 N–H and O–H groups in total. The second-order valence-corrected chi connectivity index (χ2v) is 7.44. The van der Waals surface area contributed by atoms with E-state index in [0.717, 1.165) is 29.3 Å². The van der Waals surface area contributed by atoms with Crippen molar-refractivity contribution in [2.45, 2.75) is 38.9 Å². The highest BCUT2D eigenvalue weighted by Gasteiger charge is 2.39. The van der Waals surface area contributed by atoms with Crippen molar-refractivity contribution in [1.29, 1.82) is 0 Å². The topological polar surface area (TPSA) is 49.0 Å². The molecule has 0 aliphatic carbocycles. The number of carbonyl (C=O) groups excluding carboxylic acids is 1. The van der Waals surface area contributed by atoms with Gasteiger partial charge in [0, 0.05) is 17.4 Å². The number of H-pyrrole nitrogens is 1. The van der Waals surface area contributed by atoms with Crippen molar-refractivity contribution in [2.24, 2.45) is 0 Å². The molecule has 1 aliphatic rings. The molecule has 4 nitrogen and oxygen atoms in total. The van der Waals surface area contributed by atoms with Crippen molar-refractivity contribution in [2.75, 3.05) is 4.90 Å². The third kappa shape index (κ3) is 3.52. The Labute approximate surface area is 166 Å². The Bertz CT molecular complexity index is 1070. The summed E-state index contributed by atoms with van der Waals surface area (Å²) < 4.78 is 40.0. The molecule has 0 saturated carbocycles. The van der Waals surface area contributed by atoms with E-state index in [0.29, 0.717) is 5.69 Å². The van der Waals surface area contributed by atoms with E-state index in [4.69, 9.17) is 0 Å². The molecule has 150 valence electrons. The Balaban J connectivity index is 1.62. The fourth-order valence-corrected chi connectivity index (χ4v) is 3.80. The number of benzene rings is 2. The number of aromatic nitrogens is 2. The van der Waals surface area contributed by atoms with Crippen LogP contribution in [0.2, 0.25) is 0 Å². The number of fused-ring (bicyclic) bond motifs is 1. The monoisotopic (exact) mass is 399 g/mol. The van der Waals surface area contributed by atoms with Crippen LogP contribution in [-0.2, 0) is 19.1 Å². The van der Waals surface area contributed by atoms with E-state index in [-0.39, 0.29) is 23.6 Å². The molecule has 1 atom stereocenters. The smallest absolute Gasteiger partial charge is 0.304 e. The van der Waals surface area contributed by atoms with Crippen LogP contribution in [0.15, 0.2) is 48.7 Å². The van der Waals surface area contributed by atoms with Gasteiger partial charge < -0.3 is 4.90 Å². The van der Waals surface area contributed by atoms with E-state index < -0.39 is 17.6 Å². The first kappa shape index (κ1) is 19.2. The van der Waals surface area contributed by atoms with Crippen molar-refractivity contribution >= 4 is 11.6 Å². The molecule has 7 heteroatoms. The Morgan fingerprint density at radius 2 is 1.97 bits per heavy atom. The number of rotatable bonds is 4. The summed E-state index contributed by atoms with van der Waals surface area (Å²) in [6.07, 6.45) is -1.92. The van der Waals surface area contributed by atoms with Gasteiger partial charge in [-0.15, -0.1) is 0 Å². The Morgan fingerprint density at radius 1 is 1.21 bits per heavy atom. The standard InChI is InChI=1S/C22H20F3N3O/c1-13(9-20-14(2)11-26-27-20)15-5-3-6-16(10-15)28-12-18-17(21(28)29)7-4-8-19(18)22(23,24)25/h3-8,10-11,13H,9,12H2,1-2H3,(H,26,27)/t13-/m1/s1. The molecule has 0 saturated heterocycles. The van der Waals surface area contributed by atoms with Crippen molar-refractivity contribution in [3.63, 3.8) is 0 Å². The average Bonchev–Trinajstić information content (AvgIpc) is 3.24. The number of hydrogen-bond acceptors (Lipinski definition) is 2. The van der Waals surface area contributed by atoms with Crippen LogP contribution in [0.25, 0.3) is 0 Å². The van der Waals surface area contributed by atoms with Gasteiger partial charge in [0.1, 0.15) is 0 Å². The number of anilines is 1. The Kier molecular flexibility index (Phi) is 4.68. The number of amides is 1. The third-order valence-electron chi connectivity index (χ3n) is 5.46. The summed E-state index contributed by atoms with van der Waals surface area (Å²) in [5, 5.41) is 7.11. The molecule has 0 bridgehead atoms. The summed E-state index contributed by atoms with van der Waals surface area (Å²) in [5.74, 6) is -0.262. The van der Waals surface area contributed by atoms with Crippen LogP contribution in [0.1, 0.15) is 51.1 Å². The number of alkyl halides is 3. The maximum Gasteiger partial charge on any atom is 0.416 e. The first-order chi connectivity index (χ1) is 13.8. The fraction of sp³-hybridized carbons (Fsp3) is 0.273. The molecule has 0 fully saturated rings. The minimum absolute atomic E-state index is 0.0376. The van der Waals surface area contributed by atoms with Gasteiger partial charge in [-0.1, -0.05) is 25.1 Å². The maximum atomic E-state index is 13.3. The molecule has 29 heavy (non-hydrogen) atoms. The van der Waals surface area contributed by atoms with Crippen LogP contribution in [-0.4, -0.2) is 16.1 Å². The Hall–Kier alpha value is -3.09. The normalized spacial score (nSPS) is 14.9. The highest BCUT2D eigenvalue weighted by molar-refractivity contribution is 6.10. The minimum Gasteiger partial charge on any atom is -0.304 e. The van der Waals surface area contributed by atoms with Gasteiger partial charge in [0.25, 0.3) is 5.91 Å². The summed E-state index contributed by atoms with van der Waals surface area (Å²) in [5.41, 5.74) is 3.07. The molecular weight excluding hydrogens is 379 g/mol. The van der Waals surface area contributed by atoms with Gasteiger partial charge in [-0.25, -0.2) is 0 Å². The predicted molar refractivity (Wildman–Crippen MR) is 104 cm³/mol. The molecule has 4 rings (SSSR count). The van der Waals surface area contributed by atoms with Gasteiger partial charge in [-0.2, -0.15) is 18.3 Å². The van der Waals surface area contributed by atoms with E-state index in [1.807, 2.05) is 31.3 Å². The molecule has 1 aromatic heterocycles. The molecule has 2 heterocycles. The van der Waals surface area contributed by atoms with Crippen molar-refractivity contribution in [3.05, 3.63) is 82.2 Å². The Morgan fingerprint density at radius 3 is 2.66 bits per heavy atom. The number of carbonyl (C=O) groups is 1. The zero-order valence-electron chi connectivity index (χ0n) is 16.0. The second-order valence-electron chi connectivity index (χ2n) is 7.44. The quantitative estimate of drug-likeness (QED) is 0.652. The lowest BCUT2D eigenvalue weighted by Crippen LogP contribution is -2.23. The average molecular weight is 399 g/mol. The van der Waals surface area contributed by atoms with Crippen molar-refractivity contribution in [3.8, 4) is 0 Å². The number of nitrogens with zero attached hydrogens (tertiary/aromatic N) is 2. The summed E-state index contributed by atoms with van der Waals surface area (Å²) in [7, 11) is 0. The summed E-state index contributed by atoms with van der Waals surface area (Å²) in [4.78, 5) is 14.2. The lowest BCUT2D eigenvalue weighted by Gasteiger charge is -2.19. The van der Waals surface area contributed by atoms with Gasteiger partial charge in [0.2, 0.25) is 0 Å². The second kappa shape index (κ2) is 7.06. The molecule has 1 amide bonds. The molecule has 3 aromatic rings. The largest absolute Gasteiger partial charge is 0.416 e. The zero-order chi connectivity index (χ0) is 20.8. The van der Waals surface area contributed by atoms with E-state index >= 15 is 0 Å². The molecule has 2 aromatic carbocycles. The number of hydrogen-bond donors (Lipinski definition) is 1. The first-order valence-corrected chi connectivity index (χ1v) is 9.36. The van der Waals surface area contributed by atoms with E-state index in [1.54, 1.807) is 6.07 Å². The van der Waals surface area contributed by atoms with Crippen molar-refractivity contribution < 1.29 is 18.0 Å². The van der Waals surface area contributed by atoms with Gasteiger partial charge in [0.05, 0.1) is 17.8 Å². The van der Waals surface area contributed by atoms with E-state index in [9.17, 15) is 18.0 Å². The van der Waals surface area contributed by atoms with Gasteiger partial charge in [-0.05, 0) is 60.2 Å². The van der Waals surface area contributed by atoms with Crippen LogP contribution in [0.3, 0.4) is 0 Å². The third-order valence-corrected chi connectivity index (χ3v) is 5.46. The van der Waals surface area contributed by atoms with Crippen LogP contribution >= 0.6 is 0 Å². The first-order valence-electron chi connectivity index (χ1n) is 9.36. The highest BCUT2D eigenvalue weighted by Crippen LogP contribution is 2.38. The van der Waals surface area contributed by atoms with E-state index in [2.05, 4.69) is 17.1 Å². The van der Waals surface area contributed by atoms with Crippen LogP contribution < -0.4 is 4.90 Å². The van der Waals surface area contributed by atoms with Crippen molar-refractivity contribution in [1.82, 2.24) is 10.2 Å². The van der Waals surface area contributed by atoms with E-state index in [1.165, 1.54) is 17.0 Å². The lowest BCUT2D eigenvalue weighted by atomic mass is 9.94. The molecule has 0 unspecified atom stereocenters. The fourth-order valence-electron chi connectivity index (χ4n) is 3.80. The number of nitrogens with one attached hydrogen (secondary N) is 1. The SMILES string of the molecule is Cc1c[nH]nc1C[C@@H](C)c1cccc(N2Cc3c(cccc3C(F)(F)F)C2=O)c1. The maximum absolute atomic E-state index is 13.3. The summed E-state index contributed by atoms with van der Waals surface area (Å²) >= 11 is 0. The minimum atomic E-state index is -4.49. The molecule has 1 aliphatic heterocycles. The van der Waals surface area contributed by atoms with Crippen LogP contribution in [0.5, 0.6) is 0 Å². The van der Waals surface area contributed by atoms with Gasteiger partial charge in [0.15, 0.2) is 0 Å². The van der Waals surface area contributed by atoms with Crippen LogP contribution in [0.4, 0.5) is 18.9 Å². The zero-order valence-corrected chi connectivity index (χ0v) is 16.0. The summed E-state index contributed by atoms with van der Waals surface area (Å²) in [6.45, 7) is 3.97. The van der Waals surface area contributed by atoms with Gasteiger partial charge >= 0.3 is 6.18 Å². The van der Waals surface area contributed by atoms with Gasteiger partial charge in [-0.3, -0.25) is 9.89 Å². The molecule has 0 spiro atoms.